The van der Waals surface area contributed by atoms with Gasteiger partial charge in [-0.3, -0.25) is 4.79 Å². The summed E-state index contributed by atoms with van der Waals surface area (Å²) in [7, 11) is 1.40. The Morgan fingerprint density at radius 1 is 1.48 bits per heavy atom. The molecule has 6 nitrogen and oxygen atoms in total. The van der Waals surface area contributed by atoms with Crippen molar-refractivity contribution in [1.82, 2.24) is 0 Å². The molecule has 21 heavy (non-hydrogen) atoms. The highest BCUT2D eigenvalue weighted by Gasteiger charge is 2.17. The smallest absolute Gasteiger partial charge is 0.339 e. The van der Waals surface area contributed by atoms with Crippen LogP contribution in [0.15, 0.2) is 18.2 Å². The van der Waals surface area contributed by atoms with Gasteiger partial charge in [0.2, 0.25) is 5.91 Å². The molecule has 1 atom stereocenters. The maximum absolute atomic E-state index is 11.9. The van der Waals surface area contributed by atoms with Crippen molar-refractivity contribution >= 4 is 17.6 Å². The van der Waals surface area contributed by atoms with E-state index in [1.54, 1.807) is 6.07 Å². The van der Waals surface area contributed by atoms with Gasteiger partial charge in [0.05, 0.1) is 7.11 Å². The standard InChI is InChI=1S/C15H19NO5/c1-20-13-8-11(3-4-12(13)15(18)19)16-14(17)5-2-10-6-7-21-9-10/h3-4,8,10H,2,5-7,9H2,1H3,(H,16,17)(H,18,19). The zero-order valence-corrected chi connectivity index (χ0v) is 11.9. The number of rotatable bonds is 6. The molecule has 1 amide bonds. The minimum atomic E-state index is -1.06. The van der Waals surface area contributed by atoms with Gasteiger partial charge in [0.1, 0.15) is 11.3 Å². The van der Waals surface area contributed by atoms with Crippen LogP contribution in [-0.4, -0.2) is 37.3 Å². The summed E-state index contributed by atoms with van der Waals surface area (Å²) in [4.78, 5) is 22.9. The van der Waals surface area contributed by atoms with Gasteiger partial charge in [0.25, 0.3) is 0 Å². The summed E-state index contributed by atoms with van der Waals surface area (Å²) in [6, 6.07) is 4.49. The lowest BCUT2D eigenvalue weighted by Crippen LogP contribution is -2.14. The minimum Gasteiger partial charge on any atom is -0.496 e. The quantitative estimate of drug-likeness (QED) is 0.839. The molecule has 1 aliphatic rings. The maximum atomic E-state index is 11.9. The number of amides is 1. The van der Waals surface area contributed by atoms with Crippen LogP contribution in [0.3, 0.4) is 0 Å². The van der Waals surface area contributed by atoms with Gasteiger partial charge < -0.3 is 19.9 Å². The summed E-state index contributed by atoms with van der Waals surface area (Å²) in [6.45, 7) is 1.51. The Kier molecular flexibility index (Phi) is 5.16. The summed E-state index contributed by atoms with van der Waals surface area (Å²) in [5.41, 5.74) is 0.600. The van der Waals surface area contributed by atoms with Crippen LogP contribution in [0.1, 0.15) is 29.6 Å². The van der Waals surface area contributed by atoms with E-state index in [1.165, 1.54) is 19.2 Å². The number of aromatic carboxylic acids is 1. The first-order valence-electron chi connectivity index (χ1n) is 6.89. The highest BCUT2D eigenvalue weighted by Crippen LogP contribution is 2.24. The Morgan fingerprint density at radius 3 is 2.90 bits per heavy atom. The molecule has 1 unspecified atom stereocenters. The van der Waals surface area contributed by atoms with Gasteiger partial charge in [-0.15, -0.1) is 0 Å². The third-order valence-corrected chi connectivity index (χ3v) is 3.52. The fourth-order valence-corrected chi connectivity index (χ4v) is 2.32. The van der Waals surface area contributed by atoms with Crippen LogP contribution in [0.4, 0.5) is 5.69 Å². The maximum Gasteiger partial charge on any atom is 0.339 e. The number of carboxylic acids is 1. The molecule has 6 heteroatoms. The van der Waals surface area contributed by atoms with E-state index in [4.69, 9.17) is 14.6 Å². The molecule has 0 aromatic heterocycles. The second kappa shape index (κ2) is 7.08. The summed E-state index contributed by atoms with van der Waals surface area (Å²) >= 11 is 0. The molecule has 1 fully saturated rings. The Morgan fingerprint density at radius 2 is 2.29 bits per heavy atom. The van der Waals surface area contributed by atoms with Crippen molar-refractivity contribution in [2.75, 3.05) is 25.6 Å². The van der Waals surface area contributed by atoms with E-state index in [0.717, 1.165) is 26.1 Å². The lowest BCUT2D eigenvalue weighted by atomic mass is 10.0. The van der Waals surface area contributed by atoms with Crippen LogP contribution in [0, 0.1) is 5.92 Å². The zero-order valence-electron chi connectivity index (χ0n) is 11.9. The van der Waals surface area contributed by atoms with Crippen molar-refractivity contribution in [2.45, 2.75) is 19.3 Å². The van der Waals surface area contributed by atoms with Crippen LogP contribution in [-0.2, 0) is 9.53 Å². The molecule has 0 spiro atoms. The van der Waals surface area contributed by atoms with Crippen molar-refractivity contribution < 1.29 is 24.2 Å². The molecular weight excluding hydrogens is 274 g/mol. The number of ether oxygens (including phenoxy) is 2. The lowest BCUT2D eigenvalue weighted by molar-refractivity contribution is -0.116. The molecule has 1 aliphatic heterocycles. The first kappa shape index (κ1) is 15.3. The Balaban J connectivity index is 1.92. The van der Waals surface area contributed by atoms with E-state index < -0.39 is 5.97 Å². The molecule has 0 bridgehead atoms. The van der Waals surface area contributed by atoms with E-state index in [0.29, 0.717) is 18.0 Å². The molecule has 0 saturated carbocycles. The number of anilines is 1. The van der Waals surface area contributed by atoms with E-state index >= 15 is 0 Å². The molecule has 2 N–H and O–H groups in total. The van der Waals surface area contributed by atoms with E-state index in [9.17, 15) is 9.59 Å². The first-order chi connectivity index (χ1) is 10.1. The third-order valence-electron chi connectivity index (χ3n) is 3.52. The Bertz CT molecular complexity index is 523. The predicted octanol–water partition coefficient (Wildman–Crippen LogP) is 2.15. The van der Waals surface area contributed by atoms with Crippen LogP contribution >= 0.6 is 0 Å². The van der Waals surface area contributed by atoms with Gasteiger partial charge in [0, 0.05) is 31.4 Å². The highest BCUT2D eigenvalue weighted by atomic mass is 16.5. The van der Waals surface area contributed by atoms with E-state index in [1.807, 2.05) is 0 Å². The summed E-state index contributed by atoms with van der Waals surface area (Å²) in [5.74, 6) is -0.470. The van der Waals surface area contributed by atoms with Gasteiger partial charge in [-0.05, 0) is 30.9 Å². The number of carboxylic acid groups (broad SMARTS) is 1. The Hall–Kier alpha value is -2.08. The molecule has 0 aliphatic carbocycles. The zero-order chi connectivity index (χ0) is 15.2. The van der Waals surface area contributed by atoms with Crippen molar-refractivity contribution in [3.63, 3.8) is 0 Å². The molecule has 2 rings (SSSR count). The monoisotopic (exact) mass is 293 g/mol. The molecule has 114 valence electrons. The molecule has 1 heterocycles. The van der Waals surface area contributed by atoms with E-state index in [-0.39, 0.29) is 17.2 Å². The number of methoxy groups -OCH3 is 1. The SMILES string of the molecule is COc1cc(NC(=O)CCC2CCOC2)ccc1C(=O)O. The molecule has 1 saturated heterocycles. The van der Waals surface area contributed by atoms with Gasteiger partial charge in [-0.1, -0.05) is 0 Å². The fourth-order valence-electron chi connectivity index (χ4n) is 2.32. The van der Waals surface area contributed by atoms with Crippen LogP contribution < -0.4 is 10.1 Å². The first-order valence-corrected chi connectivity index (χ1v) is 6.89. The normalized spacial score (nSPS) is 17.5. The highest BCUT2D eigenvalue weighted by molar-refractivity contribution is 5.94. The molecular formula is C15H19NO5. The molecule has 0 radical (unpaired) electrons. The number of nitrogens with one attached hydrogen (secondary N) is 1. The predicted molar refractivity (Wildman–Crippen MR) is 76.7 cm³/mol. The van der Waals surface area contributed by atoms with Crippen molar-refractivity contribution in [1.29, 1.82) is 0 Å². The molecule has 1 aromatic rings. The minimum absolute atomic E-state index is 0.0682. The van der Waals surface area contributed by atoms with Gasteiger partial charge in [-0.25, -0.2) is 4.79 Å². The third kappa shape index (κ3) is 4.19. The topological polar surface area (TPSA) is 84.9 Å². The number of hydrogen-bond acceptors (Lipinski definition) is 4. The number of hydrogen-bond donors (Lipinski definition) is 2. The van der Waals surface area contributed by atoms with Crippen molar-refractivity contribution in [3.8, 4) is 5.75 Å². The summed E-state index contributed by atoms with van der Waals surface area (Å²) in [6.07, 6.45) is 2.24. The molecule has 1 aromatic carbocycles. The second-order valence-electron chi connectivity index (χ2n) is 5.04. The number of carbonyl (C=O) groups is 2. The van der Waals surface area contributed by atoms with Crippen molar-refractivity contribution in [3.05, 3.63) is 23.8 Å². The van der Waals surface area contributed by atoms with Crippen LogP contribution in [0.25, 0.3) is 0 Å². The largest absolute Gasteiger partial charge is 0.496 e. The summed E-state index contributed by atoms with van der Waals surface area (Å²) in [5, 5.41) is 11.7. The second-order valence-corrected chi connectivity index (χ2v) is 5.04. The van der Waals surface area contributed by atoms with Crippen LogP contribution in [0.5, 0.6) is 5.75 Å². The number of benzene rings is 1. The average molecular weight is 293 g/mol. The summed E-state index contributed by atoms with van der Waals surface area (Å²) < 4.78 is 10.3. The van der Waals surface area contributed by atoms with Gasteiger partial charge in [0.15, 0.2) is 0 Å². The lowest BCUT2D eigenvalue weighted by Gasteiger charge is -2.10. The van der Waals surface area contributed by atoms with Crippen LogP contribution in [0.2, 0.25) is 0 Å². The van der Waals surface area contributed by atoms with Gasteiger partial charge in [-0.2, -0.15) is 0 Å². The average Bonchev–Trinajstić information content (AvgIpc) is 2.98. The Labute approximate surface area is 123 Å². The van der Waals surface area contributed by atoms with Crippen molar-refractivity contribution in [2.24, 2.45) is 5.92 Å². The van der Waals surface area contributed by atoms with Gasteiger partial charge >= 0.3 is 5.97 Å². The fraction of sp³-hybridized carbons (Fsp3) is 0.467. The number of carbonyl (C=O) groups excluding carboxylic acids is 1. The van der Waals surface area contributed by atoms with E-state index in [2.05, 4.69) is 5.32 Å².